The molecule has 3 amide bonds. The van der Waals surface area contributed by atoms with E-state index in [0.717, 1.165) is 0 Å². The fraction of sp³-hybridized carbons (Fsp3) is 0.267. The molecule has 25 heavy (non-hydrogen) atoms. The number of amides is 3. The highest BCUT2D eigenvalue weighted by molar-refractivity contribution is 6.31. The number of nitriles is 1. The monoisotopic (exact) mass is 362 g/mol. The highest BCUT2D eigenvalue weighted by atomic mass is 35.5. The molecule has 0 spiro atoms. The third-order valence-corrected chi connectivity index (χ3v) is 4.60. The maximum atomic E-state index is 12.4. The molecule has 4 N–H and O–H groups in total. The Bertz CT molecular complexity index is 877. The minimum atomic E-state index is -1.01. The zero-order valence-corrected chi connectivity index (χ0v) is 13.3. The molecule has 128 valence electrons. The Kier molecular flexibility index (Phi) is 3.36. The Balaban J connectivity index is 1.88. The quantitative estimate of drug-likeness (QED) is 0.667. The van der Waals surface area contributed by atoms with Crippen LogP contribution in [0.2, 0.25) is 5.02 Å². The zero-order valence-electron chi connectivity index (χ0n) is 12.5. The number of fused-ring (bicyclic) bond motifs is 2. The molecule has 0 radical (unpaired) electrons. The summed E-state index contributed by atoms with van der Waals surface area (Å²) < 4.78 is 16.0. The van der Waals surface area contributed by atoms with Gasteiger partial charge in [-0.2, -0.15) is 5.26 Å². The lowest BCUT2D eigenvalue weighted by Gasteiger charge is -2.40. The highest BCUT2D eigenvalue weighted by Gasteiger charge is 2.49. The number of nitrogens with two attached hydrogens (primary N) is 1. The van der Waals surface area contributed by atoms with E-state index in [1.807, 2.05) is 6.07 Å². The number of hydrogen-bond acceptors (Lipinski definition) is 7. The summed E-state index contributed by atoms with van der Waals surface area (Å²) in [7, 11) is 0. The van der Waals surface area contributed by atoms with E-state index in [1.165, 1.54) is 0 Å². The Morgan fingerprint density at radius 1 is 1.28 bits per heavy atom. The third-order valence-electron chi connectivity index (χ3n) is 4.28. The first kappa shape index (κ1) is 15.4. The van der Waals surface area contributed by atoms with Crippen LogP contribution in [-0.2, 0) is 9.53 Å². The fourth-order valence-electron chi connectivity index (χ4n) is 3.19. The van der Waals surface area contributed by atoms with Crippen LogP contribution >= 0.6 is 11.6 Å². The first-order valence-electron chi connectivity index (χ1n) is 7.26. The average Bonchev–Trinajstić information content (AvgIpc) is 2.99. The summed E-state index contributed by atoms with van der Waals surface area (Å²) in [5.41, 5.74) is 6.33. The van der Waals surface area contributed by atoms with Gasteiger partial charge in [0.1, 0.15) is 12.0 Å². The standard InChI is InChI=1S/C15H11ClN4O5/c16-7-2-9-8(23-4-24-9)1-5(7)10-6(3-17)12(18)25-14-11(10)13(21)19-15(22)20-14/h1-2,10-11,14H,4,18H2,(H2,19,20,21,22)/t10-,11-,14-/m0/s1. The number of hydrogen-bond donors (Lipinski definition) is 3. The molecule has 3 heterocycles. The SMILES string of the molecule is N#CC1=C(N)O[C@@H]2NC(=O)NC(=O)[C@@H]2[C@H]1c1cc2c(cc1Cl)OCO2. The number of nitrogens with one attached hydrogen (secondary N) is 2. The number of benzene rings is 1. The summed E-state index contributed by atoms with van der Waals surface area (Å²) in [4.78, 5) is 24.0. The van der Waals surface area contributed by atoms with Gasteiger partial charge in [-0.15, -0.1) is 0 Å². The van der Waals surface area contributed by atoms with Crippen molar-refractivity contribution in [3.63, 3.8) is 0 Å². The maximum absolute atomic E-state index is 12.4. The average molecular weight is 363 g/mol. The van der Waals surface area contributed by atoms with E-state index in [1.54, 1.807) is 12.1 Å². The van der Waals surface area contributed by atoms with Crippen LogP contribution in [0.15, 0.2) is 23.6 Å². The molecule has 1 aromatic carbocycles. The number of halogens is 1. The number of imide groups is 1. The second-order valence-corrected chi connectivity index (χ2v) is 6.03. The molecule has 3 aliphatic rings. The van der Waals surface area contributed by atoms with E-state index in [2.05, 4.69) is 10.6 Å². The van der Waals surface area contributed by atoms with Gasteiger partial charge < -0.3 is 25.3 Å². The van der Waals surface area contributed by atoms with Gasteiger partial charge in [-0.25, -0.2) is 4.79 Å². The molecule has 1 aromatic rings. The summed E-state index contributed by atoms with van der Waals surface area (Å²) in [6.45, 7) is 0.0502. The van der Waals surface area contributed by atoms with Crippen LogP contribution in [0, 0.1) is 17.2 Å². The van der Waals surface area contributed by atoms with Crippen molar-refractivity contribution < 1.29 is 23.8 Å². The second kappa shape index (κ2) is 5.46. The van der Waals surface area contributed by atoms with E-state index >= 15 is 0 Å². The number of rotatable bonds is 1. The van der Waals surface area contributed by atoms with Crippen molar-refractivity contribution in [1.82, 2.24) is 10.6 Å². The number of carbonyl (C=O) groups excluding carboxylic acids is 2. The van der Waals surface area contributed by atoms with E-state index in [9.17, 15) is 14.9 Å². The molecule has 1 saturated heterocycles. The van der Waals surface area contributed by atoms with Gasteiger partial charge in [-0.1, -0.05) is 11.6 Å². The number of urea groups is 1. The summed E-state index contributed by atoms with van der Waals surface area (Å²) in [5.74, 6) is -1.58. The number of carbonyl (C=O) groups is 2. The smallest absolute Gasteiger partial charge is 0.324 e. The minimum absolute atomic E-state index is 0.0494. The topological polar surface area (TPSA) is 136 Å². The van der Waals surface area contributed by atoms with Gasteiger partial charge in [0.05, 0.1) is 5.57 Å². The van der Waals surface area contributed by atoms with Crippen LogP contribution in [0.25, 0.3) is 0 Å². The minimum Gasteiger partial charge on any atom is -0.454 e. The van der Waals surface area contributed by atoms with Gasteiger partial charge in [0.25, 0.3) is 0 Å². The molecular formula is C15H11ClN4O5. The van der Waals surface area contributed by atoms with Crippen molar-refractivity contribution in [1.29, 1.82) is 5.26 Å². The van der Waals surface area contributed by atoms with Crippen molar-refractivity contribution in [2.75, 3.05) is 6.79 Å². The van der Waals surface area contributed by atoms with Gasteiger partial charge in [0.15, 0.2) is 17.7 Å². The zero-order chi connectivity index (χ0) is 17.7. The summed E-state index contributed by atoms with van der Waals surface area (Å²) in [5, 5.41) is 14.4. The molecule has 0 saturated carbocycles. The van der Waals surface area contributed by atoms with Gasteiger partial charge in [-0.05, 0) is 11.6 Å². The molecule has 4 rings (SSSR count). The van der Waals surface area contributed by atoms with E-state index in [4.69, 9.17) is 31.5 Å². The number of allylic oxidation sites excluding steroid dienone is 1. The Labute approximate surface area is 146 Å². The van der Waals surface area contributed by atoms with Crippen LogP contribution in [-0.4, -0.2) is 25.0 Å². The largest absolute Gasteiger partial charge is 0.454 e. The molecule has 3 aliphatic heterocycles. The maximum Gasteiger partial charge on any atom is 0.324 e. The molecule has 9 nitrogen and oxygen atoms in total. The fourth-order valence-corrected chi connectivity index (χ4v) is 3.47. The van der Waals surface area contributed by atoms with Crippen molar-refractivity contribution >= 4 is 23.5 Å². The van der Waals surface area contributed by atoms with Crippen LogP contribution < -0.4 is 25.8 Å². The predicted molar refractivity (Wildman–Crippen MR) is 82.2 cm³/mol. The number of ether oxygens (including phenoxy) is 3. The van der Waals surface area contributed by atoms with Gasteiger partial charge >= 0.3 is 6.03 Å². The van der Waals surface area contributed by atoms with E-state index in [0.29, 0.717) is 17.1 Å². The molecule has 3 atom stereocenters. The summed E-state index contributed by atoms with van der Waals surface area (Å²) in [6, 6.07) is 4.42. The normalized spacial score (nSPS) is 27.0. The third kappa shape index (κ3) is 2.30. The van der Waals surface area contributed by atoms with Crippen molar-refractivity contribution in [2.45, 2.75) is 12.1 Å². The first-order chi connectivity index (χ1) is 12.0. The van der Waals surface area contributed by atoms with Crippen LogP contribution in [0.1, 0.15) is 11.5 Å². The highest BCUT2D eigenvalue weighted by Crippen LogP contribution is 2.46. The first-order valence-corrected chi connectivity index (χ1v) is 7.64. The molecule has 0 unspecified atom stereocenters. The predicted octanol–water partition coefficient (Wildman–Crippen LogP) is 0.658. The van der Waals surface area contributed by atoms with Crippen molar-refractivity contribution in [2.24, 2.45) is 11.7 Å². The van der Waals surface area contributed by atoms with E-state index in [-0.39, 0.29) is 23.3 Å². The van der Waals surface area contributed by atoms with Gasteiger partial charge in [0.2, 0.25) is 18.6 Å². The molecular weight excluding hydrogens is 352 g/mol. The van der Waals surface area contributed by atoms with Crippen molar-refractivity contribution in [3.05, 3.63) is 34.2 Å². The lowest BCUT2D eigenvalue weighted by atomic mass is 9.77. The van der Waals surface area contributed by atoms with Crippen molar-refractivity contribution in [3.8, 4) is 17.6 Å². The molecule has 0 aliphatic carbocycles. The Morgan fingerprint density at radius 3 is 2.72 bits per heavy atom. The molecule has 0 aromatic heterocycles. The lowest BCUT2D eigenvalue weighted by Crippen LogP contribution is -2.62. The molecule has 1 fully saturated rings. The van der Waals surface area contributed by atoms with Crippen LogP contribution in [0.5, 0.6) is 11.5 Å². The van der Waals surface area contributed by atoms with E-state index < -0.39 is 30.0 Å². The molecule has 10 heteroatoms. The second-order valence-electron chi connectivity index (χ2n) is 5.62. The van der Waals surface area contributed by atoms with Crippen LogP contribution in [0.3, 0.4) is 0 Å². The summed E-state index contributed by atoms with van der Waals surface area (Å²) >= 11 is 6.35. The van der Waals surface area contributed by atoms with Crippen LogP contribution in [0.4, 0.5) is 4.79 Å². The summed E-state index contributed by atoms with van der Waals surface area (Å²) in [6.07, 6.45) is -1.01. The Hall–Kier alpha value is -3.12. The number of nitrogens with zero attached hydrogens (tertiary/aromatic N) is 1. The molecule has 0 bridgehead atoms. The lowest BCUT2D eigenvalue weighted by molar-refractivity contribution is -0.132. The van der Waals surface area contributed by atoms with Gasteiger partial charge in [0, 0.05) is 17.0 Å². The Morgan fingerprint density at radius 2 is 2.00 bits per heavy atom. The van der Waals surface area contributed by atoms with Gasteiger partial charge in [-0.3, -0.25) is 10.1 Å².